The molecule has 3 nitrogen and oxygen atoms in total. The quantitative estimate of drug-likeness (QED) is 0.805. The highest BCUT2D eigenvalue weighted by Gasteiger charge is 2.10. The molecule has 0 aliphatic carbocycles. The summed E-state index contributed by atoms with van der Waals surface area (Å²) in [7, 11) is 0. The number of hydrogen-bond acceptors (Lipinski definition) is 3. The summed E-state index contributed by atoms with van der Waals surface area (Å²) in [5, 5.41) is 6.31. The summed E-state index contributed by atoms with van der Waals surface area (Å²) >= 11 is 1.80. The Morgan fingerprint density at radius 2 is 2.16 bits per heavy atom. The standard InChI is InChI=1S/C15H24N2OS/c1-5-16-14-7-6-13(10-11(14)2)15(18)17-12(3)8-9-19-4/h6-7,10,12,16H,5,8-9H2,1-4H3,(H,17,18). The highest BCUT2D eigenvalue weighted by atomic mass is 32.2. The molecule has 0 saturated carbocycles. The molecular weight excluding hydrogens is 256 g/mol. The van der Waals surface area contributed by atoms with E-state index in [9.17, 15) is 4.79 Å². The molecule has 1 aromatic carbocycles. The van der Waals surface area contributed by atoms with Gasteiger partial charge >= 0.3 is 0 Å². The lowest BCUT2D eigenvalue weighted by atomic mass is 10.1. The predicted molar refractivity (Wildman–Crippen MR) is 85.3 cm³/mol. The van der Waals surface area contributed by atoms with Crippen molar-refractivity contribution in [3.63, 3.8) is 0 Å². The van der Waals surface area contributed by atoms with Gasteiger partial charge in [0.05, 0.1) is 0 Å². The number of nitrogens with one attached hydrogen (secondary N) is 2. The van der Waals surface area contributed by atoms with Gasteiger partial charge in [0.15, 0.2) is 0 Å². The Kier molecular flexibility index (Phi) is 6.78. The number of thioether (sulfide) groups is 1. The van der Waals surface area contributed by atoms with E-state index in [-0.39, 0.29) is 11.9 Å². The van der Waals surface area contributed by atoms with Crippen molar-refractivity contribution in [2.75, 3.05) is 23.9 Å². The van der Waals surface area contributed by atoms with Crippen LogP contribution in [0.4, 0.5) is 5.69 Å². The van der Waals surface area contributed by atoms with Crippen LogP contribution in [0.2, 0.25) is 0 Å². The lowest BCUT2D eigenvalue weighted by Gasteiger charge is -2.14. The molecule has 1 amide bonds. The minimum atomic E-state index is 0.0137. The van der Waals surface area contributed by atoms with Crippen molar-refractivity contribution in [3.8, 4) is 0 Å². The van der Waals surface area contributed by atoms with Crippen molar-refractivity contribution in [1.82, 2.24) is 5.32 Å². The minimum Gasteiger partial charge on any atom is -0.385 e. The normalized spacial score (nSPS) is 12.0. The van der Waals surface area contributed by atoms with Crippen LogP contribution in [0.3, 0.4) is 0 Å². The second kappa shape index (κ2) is 8.10. The Bertz CT molecular complexity index is 421. The van der Waals surface area contributed by atoms with Crippen LogP contribution in [0.15, 0.2) is 18.2 Å². The average molecular weight is 280 g/mol. The smallest absolute Gasteiger partial charge is 0.251 e. The maximum Gasteiger partial charge on any atom is 0.251 e. The Morgan fingerprint density at radius 3 is 2.74 bits per heavy atom. The molecule has 2 N–H and O–H groups in total. The predicted octanol–water partition coefficient (Wildman–Crippen LogP) is 3.30. The monoisotopic (exact) mass is 280 g/mol. The van der Waals surface area contributed by atoms with Crippen molar-refractivity contribution in [1.29, 1.82) is 0 Å². The molecule has 0 radical (unpaired) electrons. The summed E-state index contributed by atoms with van der Waals surface area (Å²) in [6.07, 6.45) is 3.08. The van der Waals surface area contributed by atoms with Gasteiger partial charge in [-0.25, -0.2) is 0 Å². The first kappa shape index (κ1) is 15.9. The molecule has 1 aromatic rings. The first-order chi connectivity index (χ1) is 9.08. The van der Waals surface area contributed by atoms with Crippen molar-refractivity contribution in [2.45, 2.75) is 33.2 Å². The van der Waals surface area contributed by atoms with Gasteiger partial charge in [-0.15, -0.1) is 0 Å². The zero-order valence-corrected chi connectivity index (χ0v) is 13.1. The zero-order chi connectivity index (χ0) is 14.3. The second-order valence-corrected chi connectivity index (χ2v) is 5.70. The fraction of sp³-hybridized carbons (Fsp3) is 0.533. The molecule has 0 heterocycles. The van der Waals surface area contributed by atoms with Gasteiger partial charge in [-0.05, 0) is 63.0 Å². The number of benzene rings is 1. The van der Waals surface area contributed by atoms with Gasteiger partial charge in [0, 0.05) is 23.8 Å². The van der Waals surface area contributed by atoms with Crippen LogP contribution >= 0.6 is 11.8 Å². The Morgan fingerprint density at radius 1 is 1.42 bits per heavy atom. The largest absolute Gasteiger partial charge is 0.385 e. The van der Waals surface area contributed by atoms with Crippen LogP contribution < -0.4 is 10.6 Å². The molecule has 0 aliphatic heterocycles. The molecule has 1 unspecified atom stereocenters. The lowest BCUT2D eigenvalue weighted by molar-refractivity contribution is 0.0939. The Balaban J connectivity index is 2.64. The van der Waals surface area contributed by atoms with E-state index in [1.54, 1.807) is 11.8 Å². The van der Waals surface area contributed by atoms with Crippen LogP contribution in [0, 0.1) is 6.92 Å². The number of carbonyl (C=O) groups excluding carboxylic acids is 1. The van der Waals surface area contributed by atoms with Crippen LogP contribution in [0.1, 0.15) is 36.2 Å². The molecule has 19 heavy (non-hydrogen) atoms. The van der Waals surface area contributed by atoms with Gasteiger partial charge in [-0.3, -0.25) is 4.79 Å². The average Bonchev–Trinajstić information content (AvgIpc) is 2.38. The zero-order valence-electron chi connectivity index (χ0n) is 12.2. The van der Waals surface area contributed by atoms with Crippen LogP contribution in [-0.4, -0.2) is 30.5 Å². The third-order valence-corrected chi connectivity index (χ3v) is 3.63. The Hall–Kier alpha value is -1.16. The summed E-state index contributed by atoms with van der Waals surface area (Å²) in [5.74, 6) is 1.08. The number of amides is 1. The van der Waals surface area contributed by atoms with Crippen molar-refractivity contribution >= 4 is 23.4 Å². The number of carbonyl (C=O) groups is 1. The SMILES string of the molecule is CCNc1ccc(C(=O)NC(C)CCSC)cc1C. The maximum atomic E-state index is 12.1. The second-order valence-electron chi connectivity index (χ2n) is 4.72. The number of hydrogen-bond donors (Lipinski definition) is 2. The molecule has 0 aromatic heterocycles. The van der Waals surface area contributed by atoms with E-state index in [1.807, 2.05) is 32.0 Å². The molecule has 0 aliphatic rings. The molecule has 0 saturated heterocycles. The summed E-state index contributed by atoms with van der Waals surface area (Å²) in [5.41, 5.74) is 2.93. The van der Waals surface area contributed by atoms with E-state index in [4.69, 9.17) is 0 Å². The van der Waals surface area contributed by atoms with Crippen molar-refractivity contribution in [3.05, 3.63) is 29.3 Å². The van der Waals surface area contributed by atoms with Gasteiger partial charge in [-0.2, -0.15) is 11.8 Å². The number of rotatable bonds is 7. The molecule has 4 heteroatoms. The molecule has 106 valence electrons. The summed E-state index contributed by atoms with van der Waals surface area (Å²) in [6, 6.07) is 6.00. The minimum absolute atomic E-state index is 0.0137. The van der Waals surface area contributed by atoms with E-state index >= 15 is 0 Å². The van der Waals surface area contributed by atoms with E-state index in [2.05, 4.69) is 23.8 Å². The number of anilines is 1. The molecule has 0 fully saturated rings. The first-order valence-corrected chi connectivity index (χ1v) is 8.12. The summed E-state index contributed by atoms with van der Waals surface area (Å²) in [6.45, 7) is 7.02. The van der Waals surface area contributed by atoms with Gasteiger partial charge in [0.1, 0.15) is 0 Å². The van der Waals surface area contributed by atoms with Crippen LogP contribution in [-0.2, 0) is 0 Å². The van der Waals surface area contributed by atoms with Crippen LogP contribution in [0.5, 0.6) is 0 Å². The third kappa shape index (κ3) is 5.15. The highest BCUT2D eigenvalue weighted by molar-refractivity contribution is 7.98. The number of aryl methyl sites for hydroxylation is 1. The fourth-order valence-electron chi connectivity index (χ4n) is 1.87. The van der Waals surface area contributed by atoms with Crippen molar-refractivity contribution < 1.29 is 4.79 Å². The maximum absolute atomic E-state index is 12.1. The first-order valence-electron chi connectivity index (χ1n) is 6.72. The summed E-state index contributed by atoms with van der Waals surface area (Å²) < 4.78 is 0. The fourth-order valence-corrected chi connectivity index (χ4v) is 2.46. The van der Waals surface area contributed by atoms with E-state index in [0.717, 1.165) is 35.5 Å². The van der Waals surface area contributed by atoms with E-state index in [0.29, 0.717) is 0 Å². The molecule has 1 rings (SSSR count). The van der Waals surface area contributed by atoms with E-state index in [1.165, 1.54) is 0 Å². The van der Waals surface area contributed by atoms with Gasteiger partial charge in [0.25, 0.3) is 5.91 Å². The molecule has 0 spiro atoms. The third-order valence-electron chi connectivity index (χ3n) is 2.99. The van der Waals surface area contributed by atoms with Gasteiger partial charge < -0.3 is 10.6 Å². The van der Waals surface area contributed by atoms with Gasteiger partial charge in [-0.1, -0.05) is 0 Å². The Labute approximate surface area is 120 Å². The van der Waals surface area contributed by atoms with Crippen molar-refractivity contribution in [2.24, 2.45) is 0 Å². The molecular formula is C15H24N2OS. The molecule has 1 atom stereocenters. The van der Waals surface area contributed by atoms with Crippen LogP contribution in [0.25, 0.3) is 0 Å². The molecule has 0 bridgehead atoms. The summed E-state index contributed by atoms with van der Waals surface area (Å²) in [4.78, 5) is 12.1. The van der Waals surface area contributed by atoms with Gasteiger partial charge in [0.2, 0.25) is 0 Å². The highest BCUT2D eigenvalue weighted by Crippen LogP contribution is 2.16. The topological polar surface area (TPSA) is 41.1 Å². The van der Waals surface area contributed by atoms with E-state index < -0.39 is 0 Å². The lowest BCUT2D eigenvalue weighted by Crippen LogP contribution is -2.33.